The Morgan fingerprint density at radius 2 is 1.83 bits per heavy atom. The Morgan fingerprint density at radius 3 is 2.58 bits per heavy atom. The summed E-state index contributed by atoms with van der Waals surface area (Å²) in [6.45, 7) is 0.283. The molecule has 1 aliphatic rings. The van der Waals surface area contributed by atoms with Crippen molar-refractivity contribution < 1.29 is 19.4 Å². The summed E-state index contributed by atoms with van der Waals surface area (Å²) in [6.07, 6.45) is 2.49. The molecule has 3 aromatic carbocycles. The van der Waals surface area contributed by atoms with Gasteiger partial charge in [-0.1, -0.05) is 60.1 Å². The van der Waals surface area contributed by atoms with Gasteiger partial charge in [-0.15, -0.1) is 0 Å². The molecule has 4 aromatic rings. The molecule has 2 heterocycles. The number of nitrogens with one attached hydrogen (secondary N) is 1. The van der Waals surface area contributed by atoms with Crippen LogP contribution < -0.4 is 4.74 Å². The normalized spacial score (nSPS) is 15.7. The number of aromatic nitrogens is 1. The van der Waals surface area contributed by atoms with Crippen LogP contribution in [0.3, 0.4) is 0 Å². The fourth-order valence-corrected chi connectivity index (χ4v) is 5.04. The Balaban J connectivity index is 1.48. The van der Waals surface area contributed by atoms with Gasteiger partial charge in [-0.3, -0.25) is 9.59 Å². The van der Waals surface area contributed by atoms with E-state index in [0.29, 0.717) is 17.0 Å². The summed E-state index contributed by atoms with van der Waals surface area (Å²) in [5.74, 6) is -0.658. The van der Waals surface area contributed by atoms with Gasteiger partial charge in [0.25, 0.3) is 5.91 Å². The van der Waals surface area contributed by atoms with E-state index in [1.807, 2.05) is 60.8 Å². The first kappa shape index (κ1) is 23.7. The molecular formula is C29H25ClN2O4. The smallest absolute Gasteiger partial charge is 0.290 e. The lowest BCUT2D eigenvalue weighted by molar-refractivity contribution is -0.129. The maximum atomic E-state index is 13.4. The summed E-state index contributed by atoms with van der Waals surface area (Å²) in [6, 6.07) is 21.4. The summed E-state index contributed by atoms with van der Waals surface area (Å²) in [4.78, 5) is 31.5. The molecule has 7 heteroatoms. The number of Topliss-reactive ketones (excluding diaryl/α,β-unsaturated/α-hetero) is 1. The molecule has 36 heavy (non-hydrogen) atoms. The molecule has 1 aromatic heterocycles. The highest BCUT2D eigenvalue weighted by Gasteiger charge is 2.43. The molecule has 1 aliphatic heterocycles. The first-order valence-electron chi connectivity index (χ1n) is 11.7. The fraction of sp³-hybridized carbons (Fsp3) is 0.172. The monoisotopic (exact) mass is 500 g/mol. The van der Waals surface area contributed by atoms with Crippen molar-refractivity contribution in [1.29, 1.82) is 0 Å². The third kappa shape index (κ3) is 4.36. The van der Waals surface area contributed by atoms with Crippen LogP contribution >= 0.6 is 11.6 Å². The number of aliphatic hydroxyl groups excluding tert-OH is 1. The molecule has 2 N–H and O–H groups in total. The van der Waals surface area contributed by atoms with Gasteiger partial charge in [0, 0.05) is 35.1 Å². The molecule has 0 saturated heterocycles. The minimum Gasteiger partial charge on any atom is -0.503 e. The maximum Gasteiger partial charge on any atom is 0.290 e. The van der Waals surface area contributed by atoms with Gasteiger partial charge in [0.05, 0.1) is 18.7 Å². The first-order valence-corrected chi connectivity index (χ1v) is 12.1. The van der Waals surface area contributed by atoms with E-state index in [1.54, 1.807) is 25.3 Å². The second kappa shape index (κ2) is 9.91. The van der Waals surface area contributed by atoms with Gasteiger partial charge in [0.15, 0.2) is 11.5 Å². The van der Waals surface area contributed by atoms with Crippen molar-refractivity contribution in [2.45, 2.75) is 18.9 Å². The Morgan fingerprint density at radius 1 is 1.08 bits per heavy atom. The number of carbonyl (C=O) groups excluding carboxylic acids is 2. The molecule has 0 radical (unpaired) electrons. The number of H-pyrrole nitrogens is 1. The van der Waals surface area contributed by atoms with Gasteiger partial charge in [-0.05, 0) is 47.4 Å². The van der Waals surface area contributed by atoms with E-state index in [2.05, 4.69) is 4.98 Å². The zero-order valence-electron chi connectivity index (χ0n) is 19.7. The number of carbonyl (C=O) groups is 2. The number of aliphatic hydroxyl groups is 1. The largest absolute Gasteiger partial charge is 0.503 e. The van der Waals surface area contributed by atoms with Crippen LogP contribution in [-0.4, -0.2) is 40.3 Å². The van der Waals surface area contributed by atoms with Crippen LogP contribution in [0, 0.1) is 0 Å². The Kier molecular flexibility index (Phi) is 6.53. The number of ether oxygens (including phenoxy) is 1. The van der Waals surface area contributed by atoms with Gasteiger partial charge >= 0.3 is 0 Å². The minimum absolute atomic E-state index is 0.0740. The van der Waals surface area contributed by atoms with Crippen LogP contribution in [0.1, 0.15) is 22.7 Å². The van der Waals surface area contributed by atoms with E-state index < -0.39 is 17.7 Å². The third-order valence-corrected chi connectivity index (χ3v) is 6.95. The zero-order valence-corrected chi connectivity index (χ0v) is 20.5. The lowest BCUT2D eigenvalue weighted by Crippen LogP contribution is -2.33. The van der Waals surface area contributed by atoms with Gasteiger partial charge in [-0.2, -0.15) is 0 Å². The Hall–Kier alpha value is -4.03. The molecular weight excluding hydrogens is 476 g/mol. The lowest BCUT2D eigenvalue weighted by atomic mass is 9.93. The minimum atomic E-state index is -0.776. The Bertz CT molecular complexity index is 1480. The predicted octanol–water partition coefficient (Wildman–Crippen LogP) is 5.58. The molecule has 1 amide bonds. The number of benzene rings is 3. The van der Waals surface area contributed by atoms with E-state index in [0.717, 1.165) is 27.8 Å². The third-order valence-electron chi connectivity index (χ3n) is 6.61. The van der Waals surface area contributed by atoms with E-state index in [1.165, 1.54) is 4.90 Å². The van der Waals surface area contributed by atoms with E-state index in [9.17, 15) is 14.7 Å². The summed E-state index contributed by atoms with van der Waals surface area (Å²) in [5.41, 5.74) is 3.45. The average Bonchev–Trinajstić information content (AvgIpc) is 3.41. The average molecular weight is 501 g/mol. The quantitative estimate of drug-likeness (QED) is 0.331. The van der Waals surface area contributed by atoms with Gasteiger partial charge in [0.2, 0.25) is 0 Å². The highest BCUT2D eigenvalue weighted by atomic mass is 35.5. The van der Waals surface area contributed by atoms with Crippen molar-refractivity contribution >= 4 is 34.2 Å². The number of fused-ring (bicyclic) bond motifs is 1. The van der Waals surface area contributed by atoms with Crippen molar-refractivity contribution in [2.75, 3.05) is 13.7 Å². The van der Waals surface area contributed by atoms with Crippen molar-refractivity contribution in [3.05, 3.63) is 112 Å². The van der Waals surface area contributed by atoms with Crippen LogP contribution in [0.25, 0.3) is 10.9 Å². The van der Waals surface area contributed by atoms with Crippen LogP contribution in [-0.2, 0) is 22.4 Å². The van der Waals surface area contributed by atoms with Crippen LogP contribution in [0.4, 0.5) is 0 Å². The number of nitrogens with zero attached hydrogens (tertiary/aromatic N) is 1. The second-order valence-corrected chi connectivity index (χ2v) is 9.15. The van der Waals surface area contributed by atoms with Crippen LogP contribution in [0.5, 0.6) is 5.75 Å². The molecule has 0 saturated carbocycles. The molecule has 6 nitrogen and oxygen atoms in total. The van der Waals surface area contributed by atoms with E-state index >= 15 is 0 Å². The summed E-state index contributed by atoms with van der Waals surface area (Å²) in [5, 5.41) is 12.3. The number of aromatic amines is 1. The van der Waals surface area contributed by atoms with Crippen LogP contribution in [0.15, 0.2) is 90.3 Å². The van der Waals surface area contributed by atoms with Crippen molar-refractivity contribution in [3.8, 4) is 5.75 Å². The summed E-state index contributed by atoms with van der Waals surface area (Å²) < 4.78 is 5.36. The van der Waals surface area contributed by atoms with E-state index in [-0.39, 0.29) is 24.3 Å². The van der Waals surface area contributed by atoms with Gasteiger partial charge in [-0.25, -0.2) is 0 Å². The Labute approximate surface area is 213 Å². The standard InChI is InChI=1S/C29H25ClN2O4/c1-36-20-11-12-24-22(16-20)19(17-31-24)13-14-32-27(21-9-5-6-10-23(21)30)26(28(34)29(32)35)25(33)15-18-7-3-2-4-8-18/h2-12,16-17,27,31,34H,13-15H2,1H3. The molecule has 0 fully saturated rings. The number of halogens is 1. The highest BCUT2D eigenvalue weighted by molar-refractivity contribution is 6.31. The first-order chi connectivity index (χ1) is 17.5. The maximum absolute atomic E-state index is 13.4. The van der Waals surface area contributed by atoms with Gasteiger partial charge < -0.3 is 19.7 Å². The summed E-state index contributed by atoms with van der Waals surface area (Å²) in [7, 11) is 1.62. The van der Waals surface area contributed by atoms with Crippen molar-refractivity contribution in [2.24, 2.45) is 0 Å². The van der Waals surface area contributed by atoms with Gasteiger partial charge in [0.1, 0.15) is 5.75 Å². The van der Waals surface area contributed by atoms with Crippen LogP contribution in [0.2, 0.25) is 5.02 Å². The van der Waals surface area contributed by atoms with E-state index in [4.69, 9.17) is 16.3 Å². The number of hydrogen-bond acceptors (Lipinski definition) is 4. The molecule has 1 atom stereocenters. The second-order valence-electron chi connectivity index (χ2n) is 8.75. The van der Waals surface area contributed by atoms with Crippen molar-refractivity contribution in [3.63, 3.8) is 0 Å². The molecule has 0 aliphatic carbocycles. The fourth-order valence-electron chi connectivity index (χ4n) is 4.80. The number of amides is 1. The SMILES string of the molecule is COc1ccc2[nH]cc(CCN3C(=O)C(O)=C(C(=O)Cc4ccccc4)C3c3ccccc3Cl)c2c1. The number of rotatable bonds is 8. The lowest BCUT2D eigenvalue weighted by Gasteiger charge is -2.27. The van der Waals surface area contributed by atoms with Crippen molar-refractivity contribution in [1.82, 2.24) is 9.88 Å². The predicted molar refractivity (Wildman–Crippen MR) is 139 cm³/mol. The zero-order chi connectivity index (χ0) is 25.2. The molecule has 1 unspecified atom stereocenters. The molecule has 0 spiro atoms. The molecule has 0 bridgehead atoms. The molecule has 182 valence electrons. The summed E-state index contributed by atoms with van der Waals surface area (Å²) >= 11 is 6.53. The topological polar surface area (TPSA) is 82.6 Å². The number of hydrogen-bond donors (Lipinski definition) is 2. The molecule has 5 rings (SSSR count). The highest BCUT2D eigenvalue weighted by Crippen LogP contribution is 2.41. The number of methoxy groups -OCH3 is 1. The number of ketones is 1.